The number of nitrogens with one attached hydrogen (secondary N) is 1. The van der Waals surface area contributed by atoms with Gasteiger partial charge < -0.3 is 10.2 Å². The average Bonchev–Trinajstić information content (AvgIpc) is 3.03. The zero-order valence-electron chi connectivity index (χ0n) is 23.0. The Morgan fingerprint density at radius 2 is 1.41 bits per heavy atom. The molecule has 7 nitrogen and oxygen atoms in total. The van der Waals surface area contributed by atoms with Crippen LogP contribution in [0.25, 0.3) is 12.2 Å². The maximum atomic E-state index is 14.2. The molecule has 0 aliphatic carbocycles. The monoisotopic (exact) mass is 664 g/mol. The molecule has 1 atom stereocenters. The zero-order valence-corrected chi connectivity index (χ0v) is 26.0. The number of carbonyl (C=O) groups excluding carboxylic acids is 3. The van der Waals surface area contributed by atoms with Crippen LogP contribution < -0.4 is 5.32 Å². The fourth-order valence-corrected chi connectivity index (χ4v) is 5.33. The van der Waals surface area contributed by atoms with Gasteiger partial charge in [0.05, 0.1) is 26.3 Å². The number of ketones is 1. The summed E-state index contributed by atoms with van der Waals surface area (Å²) >= 11 is 24.7. The van der Waals surface area contributed by atoms with Crippen molar-refractivity contribution in [2.75, 3.05) is 13.1 Å². The van der Waals surface area contributed by atoms with E-state index in [1.54, 1.807) is 53.5 Å². The quantitative estimate of drug-likeness (QED) is 0.215. The van der Waals surface area contributed by atoms with Gasteiger partial charge in [0.25, 0.3) is 5.91 Å². The molecule has 1 aliphatic rings. The number of benzene rings is 3. The van der Waals surface area contributed by atoms with E-state index in [4.69, 9.17) is 46.4 Å². The van der Waals surface area contributed by atoms with Gasteiger partial charge in [0, 0.05) is 43.1 Å². The Kier molecular flexibility index (Phi) is 10.1. The number of likely N-dealkylation sites (tertiary alicyclic amines) is 1. The summed E-state index contributed by atoms with van der Waals surface area (Å²) < 4.78 is 0. The third-order valence-electron chi connectivity index (χ3n) is 6.87. The van der Waals surface area contributed by atoms with Crippen molar-refractivity contribution < 1.29 is 14.4 Å². The number of carbonyl (C=O) groups is 3. The second-order valence-electron chi connectivity index (χ2n) is 10.0. The summed E-state index contributed by atoms with van der Waals surface area (Å²) in [7, 11) is 0. The summed E-state index contributed by atoms with van der Waals surface area (Å²) in [5.41, 5.74) is 2.91. The standard InChI is InChI=1S/C33H24Cl4N4O3/c34-25-8-6-21(14-27(25)36)12-23-18-41(19-24(31(23)42)13-22-7-9-26(35)28(37)15-22)33(44)29(16-20-4-2-1-3-5-20)40-32(43)30-17-38-10-11-39-30/h1-15,17,29H,16,18-19H2,(H,40,43)/b23-12+,24-13+/t29-/m0/s1. The van der Waals surface area contributed by atoms with Crippen molar-refractivity contribution in [3.8, 4) is 0 Å². The molecule has 0 saturated carbocycles. The highest BCUT2D eigenvalue weighted by Crippen LogP contribution is 2.28. The summed E-state index contributed by atoms with van der Waals surface area (Å²) in [6.45, 7) is 0.00581. The van der Waals surface area contributed by atoms with E-state index >= 15 is 0 Å². The Morgan fingerprint density at radius 1 is 0.818 bits per heavy atom. The number of hydrogen-bond donors (Lipinski definition) is 1. The first kappa shape index (κ1) is 31.4. The summed E-state index contributed by atoms with van der Waals surface area (Å²) in [5.74, 6) is -1.16. The molecule has 11 heteroatoms. The molecule has 1 N–H and O–H groups in total. The van der Waals surface area contributed by atoms with Gasteiger partial charge >= 0.3 is 0 Å². The molecule has 1 saturated heterocycles. The van der Waals surface area contributed by atoms with E-state index in [1.165, 1.54) is 18.6 Å². The Morgan fingerprint density at radius 3 is 1.93 bits per heavy atom. The largest absolute Gasteiger partial charge is 0.339 e. The van der Waals surface area contributed by atoms with Crippen molar-refractivity contribution in [3.05, 3.63) is 139 Å². The highest BCUT2D eigenvalue weighted by atomic mass is 35.5. The Labute approximate surface area is 274 Å². The van der Waals surface area contributed by atoms with E-state index in [1.807, 2.05) is 30.3 Å². The molecule has 5 rings (SSSR count). The highest BCUT2D eigenvalue weighted by Gasteiger charge is 2.34. The fourth-order valence-electron chi connectivity index (χ4n) is 4.72. The van der Waals surface area contributed by atoms with Crippen molar-refractivity contribution in [1.29, 1.82) is 0 Å². The smallest absolute Gasteiger partial charge is 0.272 e. The Bertz CT molecular complexity index is 1710. The maximum absolute atomic E-state index is 14.2. The van der Waals surface area contributed by atoms with Crippen LogP contribution in [0.3, 0.4) is 0 Å². The predicted octanol–water partition coefficient (Wildman–Crippen LogP) is 7.01. The number of halogens is 4. The SMILES string of the molecule is O=C1/C(=C/c2ccc(Cl)c(Cl)c2)CN(C(=O)[C@H](Cc2ccccc2)NC(=O)c2cnccn2)C/C1=C\c1ccc(Cl)c(Cl)c1. The van der Waals surface area contributed by atoms with Gasteiger partial charge in [0.15, 0.2) is 5.78 Å². The third kappa shape index (κ3) is 7.73. The van der Waals surface area contributed by atoms with Crippen molar-refractivity contribution in [2.45, 2.75) is 12.5 Å². The molecule has 1 aliphatic heterocycles. The molecule has 1 fully saturated rings. The van der Waals surface area contributed by atoms with Gasteiger partial charge in [-0.3, -0.25) is 19.4 Å². The first-order valence-corrected chi connectivity index (χ1v) is 14.9. The second-order valence-corrected chi connectivity index (χ2v) is 11.6. The van der Waals surface area contributed by atoms with Gasteiger partial charge in [-0.15, -0.1) is 0 Å². The molecule has 0 bridgehead atoms. The van der Waals surface area contributed by atoms with Crippen LogP contribution in [0.1, 0.15) is 27.2 Å². The molecule has 222 valence electrons. The minimum absolute atomic E-state index is 0.00291. The van der Waals surface area contributed by atoms with Gasteiger partial charge in [0.2, 0.25) is 5.91 Å². The number of rotatable bonds is 7. The van der Waals surface area contributed by atoms with Crippen LogP contribution in [0.4, 0.5) is 0 Å². The number of amides is 2. The number of piperidine rings is 1. The summed E-state index contributed by atoms with van der Waals surface area (Å²) in [6.07, 6.45) is 7.76. The lowest BCUT2D eigenvalue weighted by Gasteiger charge is -2.33. The van der Waals surface area contributed by atoms with Gasteiger partial charge in [-0.1, -0.05) is 88.9 Å². The molecule has 2 heterocycles. The van der Waals surface area contributed by atoms with Gasteiger partial charge in [-0.25, -0.2) is 4.98 Å². The number of aromatic nitrogens is 2. The lowest BCUT2D eigenvalue weighted by Crippen LogP contribution is -2.52. The van der Waals surface area contributed by atoms with Crippen molar-refractivity contribution in [3.63, 3.8) is 0 Å². The summed E-state index contributed by atoms with van der Waals surface area (Å²) in [5, 5.41) is 4.25. The molecule has 4 aromatic rings. The first-order chi connectivity index (χ1) is 21.2. The van der Waals surface area contributed by atoms with E-state index in [0.29, 0.717) is 42.4 Å². The lowest BCUT2D eigenvalue weighted by atomic mass is 9.93. The van der Waals surface area contributed by atoms with Crippen LogP contribution in [-0.2, 0) is 16.0 Å². The van der Waals surface area contributed by atoms with Crippen molar-refractivity contribution in [2.24, 2.45) is 0 Å². The van der Waals surface area contributed by atoms with Crippen LogP contribution in [0.15, 0.2) is 96.5 Å². The molecule has 44 heavy (non-hydrogen) atoms. The van der Waals surface area contributed by atoms with Gasteiger partial charge in [-0.05, 0) is 53.1 Å². The zero-order chi connectivity index (χ0) is 31.2. The van der Waals surface area contributed by atoms with Crippen LogP contribution >= 0.6 is 46.4 Å². The Balaban J connectivity index is 1.52. The predicted molar refractivity (Wildman–Crippen MR) is 174 cm³/mol. The molecule has 2 amide bonds. The molecule has 0 radical (unpaired) electrons. The van der Waals surface area contributed by atoms with Gasteiger partial charge in [0.1, 0.15) is 11.7 Å². The lowest BCUT2D eigenvalue weighted by molar-refractivity contribution is -0.133. The molecule has 0 unspecified atom stereocenters. The molecular formula is C33H24Cl4N4O3. The normalized spacial score (nSPS) is 15.8. The second kappa shape index (κ2) is 14.2. The Hall–Kier alpha value is -4.01. The van der Waals surface area contributed by atoms with E-state index in [2.05, 4.69) is 15.3 Å². The van der Waals surface area contributed by atoms with E-state index in [9.17, 15) is 14.4 Å². The summed E-state index contributed by atoms with van der Waals surface area (Å²) in [6, 6.07) is 18.4. The first-order valence-electron chi connectivity index (χ1n) is 13.4. The van der Waals surface area contributed by atoms with Crippen LogP contribution in [-0.4, -0.2) is 51.6 Å². The number of hydrogen-bond acceptors (Lipinski definition) is 5. The third-order valence-corrected chi connectivity index (χ3v) is 8.35. The van der Waals surface area contributed by atoms with E-state index in [0.717, 1.165) is 5.56 Å². The van der Waals surface area contributed by atoms with E-state index in [-0.39, 0.29) is 36.9 Å². The molecular weight excluding hydrogens is 642 g/mol. The van der Waals surface area contributed by atoms with Crippen LogP contribution in [0.5, 0.6) is 0 Å². The number of nitrogens with zero attached hydrogens (tertiary/aromatic N) is 3. The maximum Gasteiger partial charge on any atom is 0.272 e. The average molecular weight is 666 g/mol. The minimum atomic E-state index is -0.961. The number of Topliss-reactive ketones (excluding diaryl/α,β-unsaturated/α-hetero) is 1. The van der Waals surface area contributed by atoms with Crippen molar-refractivity contribution >= 4 is 76.2 Å². The van der Waals surface area contributed by atoms with Crippen molar-refractivity contribution in [1.82, 2.24) is 20.2 Å². The van der Waals surface area contributed by atoms with Crippen LogP contribution in [0, 0.1) is 0 Å². The highest BCUT2D eigenvalue weighted by molar-refractivity contribution is 6.42. The molecule has 0 spiro atoms. The topological polar surface area (TPSA) is 92.3 Å². The molecule has 1 aromatic heterocycles. The van der Waals surface area contributed by atoms with Gasteiger partial charge in [-0.2, -0.15) is 0 Å². The minimum Gasteiger partial charge on any atom is -0.339 e. The fraction of sp³-hybridized carbons (Fsp3) is 0.121. The van der Waals surface area contributed by atoms with Crippen LogP contribution in [0.2, 0.25) is 20.1 Å². The molecule has 3 aromatic carbocycles. The van der Waals surface area contributed by atoms with E-state index < -0.39 is 11.9 Å². The summed E-state index contributed by atoms with van der Waals surface area (Å²) in [4.78, 5) is 50.6.